The van der Waals surface area contributed by atoms with Crippen molar-refractivity contribution in [3.63, 3.8) is 0 Å². The van der Waals surface area contributed by atoms with Gasteiger partial charge in [-0.3, -0.25) is 9.59 Å². The molecule has 2 N–H and O–H groups in total. The predicted molar refractivity (Wildman–Crippen MR) is 58.7 cm³/mol. The summed E-state index contributed by atoms with van der Waals surface area (Å²) in [6.07, 6.45) is 2.92. The Bertz CT molecular complexity index is 313. The fraction of sp³-hybridized carbons (Fsp3) is 0.833. The third-order valence-electron chi connectivity index (χ3n) is 3.94. The SMILES string of the molecule is CC(C)NC(=O)C1C2CCC(C2)C1C(=O)O. The fourth-order valence-electron chi connectivity index (χ4n) is 3.40. The lowest BCUT2D eigenvalue weighted by atomic mass is 9.78. The monoisotopic (exact) mass is 225 g/mol. The maximum atomic E-state index is 12.0. The molecule has 4 unspecified atom stereocenters. The summed E-state index contributed by atoms with van der Waals surface area (Å²) in [4.78, 5) is 23.2. The maximum Gasteiger partial charge on any atom is 0.307 e. The highest BCUT2D eigenvalue weighted by molar-refractivity contribution is 5.86. The first kappa shape index (κ1) is 11.4. The van der Waals surface area contributed by atoms with Crippen molar-refractivity contribution in [2.24, 2.45) is 23.7 Å². The number of carbonyl (C=O) groups excluding carboxylic acids is 1. The number of carbonyl (C=O) groups is 2. The van der Waals surface area contributed by atoms with E-state index in [0.717, 1.165) is 19.3 Å². The van der Waals surface area contributed by atoms with Gasteiger partial charge in [0.1, 0.15) is 0 Å². The molecule has 2 bridgehead atoms. The van der Waals surface area contributed by atoms with E-state index in [4.69, 9.17) is 0 Å². The Morgan fingerprint density at radius 1 is 1.19 bits per heavy atom. The van der Waals surface area contributed by atoms with Crippen molar-refractivity contribution in [1.29, 1.82) is 0 Å². The second-order valence-corrected chi connectivity index (χ2v) is 5.39. The summed E-state index contributed by atoms with van der Waals surface area (Å²) in [5.41, 5.74) is 0. The summed E-state index contributed by atoms with van der Waals surface area (Å²) in [5, 5.41) is 12.1. The average molecular weight is 225 g/mol. The molecule has 0 aromatic heterocycles. The molecule has 90 valence electrons. The minimum absolute atomic E-state index is 0.0606. The van der Waals surface area contributed by atoms with E-state index in [2.05, 4.69) is 5.32 Å². The fourth-order valence-corrected chi connectivity index (χ4v) is 3.40. The minimum Gasteiger partial charge on any atom is -0.481 e. The van der Waals surface area contributed by atoms with Gasteiger partial charge in [-0.1, -0.05) is 0 Å². The largest absolute Gasteiger partial charge is 0.481 e. The van der Waals surface area contributed by atoms with Crippen LogP contribution in [0.3, 0.4) is 0 Å². The average Bonchev–Trinajstić information content (AvgIpc) is 2.74. The zero-order valence-corrected chi connectivity index (χ0v) is 9.77. The molecule has 0 spiro atoms. The smallest absolute Gasteiger partial charge is 0.307 e. The van der Waals surface area contributed by atoms with Crippen LogP contribution in [0.4, 0.5) is 0 Å². The van der Waals surface area contributed by atoms with Crippen molar-refractivity contribution >= 4 is 11.9 Å². The van der Waals surface area contributed by atoms with E-state index < -0.39 is 11.9 Å². The van der Waals surface area contributed by atoms with Gasteiger partial charge in [0.05, 0.1) is 11.8 Å². The number of carboxylic acids is 1. The van der Waals surface area contributed by atoms with Crippen molar-refractivity contribution in [2.45, 2.75) is 39.2 Å². The summed E-state index contributed by atoms with van der Waals surface area (Å²) >= 11 is 0. The van der Waals surface area contributed by atoms with Crippen LogP contribution in [0.15, 0.2) is 0 Å². The summed E-state index contributed by atoms with van der Waals surface area (Å²) in [6, 6.07) is 0.0843. The normalized spacial score (nSPS) is 36.7. The summed E-state index contributed by atoms with van der Waals surface area (Å²) in [5.74, 6) is -1.07. The lowest BCUT2D eigenvalue weighted by Crippen LogP contribution is -2.43. The van der Waals surface area contributed by atoms with Gasteiger partial charge in [0.2, 0.25) is 5.91 Å². The molecule has 4 atom stereocenters. The Labute approximate surface area is 95.4 Å². The maximum absolute atomic E-state index is 12.0. The summed E-state index contributed by atoms with van der Waals surface area (Å²) < 4.78 is 0. The molecule has 0 saturated heterocycles. The number of hydrogen-bond donors (Lipinski definition) is 2. The molecular weight excluding hydrogens is 206 g/mol. The summed E-state index contributed by atoms with van der Waals surface area (Å²) in [7, 11) is 0. The molecule has 2 saturated carbocycles. The van der Waals surface area contributed by atoms with Crippen molar-refractivity contribution in [3.8, 4) is 0 Å². The van der Waals surface area contributed by atoms with E-state index in [9.17, 15) is 14.7 Å². The van der Waals surface area contributed by atoms with Crippen LogP contribution in [0.5, 0.6) is 0 Å². The molecular formula is C12H19NO3. The highest BCUT2D eigenvalue weighted by atomic mass is 16.4. The Balaban J connectivity index is 2.12. The molecule has 0 aliphatic heterocycles. The molecule has 1 amide bonds. The quantitative estimate of drug-likeness (QED) is 0.759. The van der Waals surface area contributed by atoms with E-state index in [1.165, 1.54) is 0 Å². The molecule has 2 aliphatic carbocycles. The van der Waals surface area contributed by atoms with E-state index >= 15 is 0 Å². The molecule has 2 aliphatic rings. The molecule has 0 aromatic rings. The lowest BCUT2D eigenvalue weighted by Gasteiger charge is -2.27. The number of rotatable bonds is 3. The Morgan fingerprint density at radius 3 is 2.25 bits per heavy atom. The van der Waals surface area contributed by atoms with Crippen molar-refractivity contribution < 1.29 is 14.7 Å². The molecule has 0 radical (unpaired) electrons. The molecule has 2 fully saturated rings. The van der Waals surface area contributed by atoms with Crippen molar-refractivity contribution in [2.75, 3.05) is 0 Å². The van der Waals surface area contributed by atoms with Gasteiger partial charge in [-0.2, -0.15) is 0 Å². The second-order valence-electron chi connectivity index (χ2n) is 5.39. The Hall–Kier alpha value is -1.06. The van der Waals surface area contributed by atoms with Crippen LogP contribution in [0.2, 0.25) is 0 Å². The molecule has 0 heterocycles. The van der Waals surface area contributed by atoms with Crippen LogP contribution < -0.4 is 5.32 Å². The number of hydrogen-bond acceptors (Lipinski definition) is 2. The van der Waals surface area contributed by atoms with Crippen LogP contribution in [0.1, 0.15) is 33.1 Å². The van der Waals surface area contributed by atoms with Crippen LogP contribution in [-0.2, 0) is 9.59 Å². The van der Waals surface area contributed by atoms with Gasteiger partial charge in [-0.05, 0) is 44.9 Å². The van der Waals surface area contributed by atoms with Gasteiger partial charge in [0, 0.05) is 6.04 Å². The Kier molecular flexibility index (Phi) is 2.91. The molecule has 16 heavy (non-hydrogen) atoms. The van der Waals surface area contributed by atoms with Gasteiger partial charge in [-0.25, -0.2) is 0 Å². The molecule has 2 rings (SSSR count). The molecule has 0 aromatic carbocycles. The highest BCUT2D eigenvalue weighted by Crippen LogP contribution is 2.52. The number of aliphatic carboxylic acids is 1. The van der Waals surface area contributed by atoms with Gasteiger partial charge in [0.25, 0.3) is 0 Å². The topological polar surface area (TPSA) is 66.4 Å². The van der Waals surface area contributed by atoms with E-state index in [1.807, 2.05) is 13.8 Å². The lowest BCUT2D eigenvalue weighted by molar-refractivity contribution is -0.149. The third kappa shape index (κ3) is 1.81. The van der Waals surface area contributed by atoms with Gasteiger partial charge >= 0.3 is 5.97 Å². The number of amides is 1. The van der Waals surface area contributed by atoms with Gasteiger partial charge in [0.15, 0.2) is 0 Å². The first-order valence-electron chi connectivity index (χ1n) is 6.04. The highest BCUT2D eigenvalue weighted by Gasteiger charge is 2.53. The first-order chi connectivity index (χ1) is 7.50. The van der Waals surface area contributed by atoms with E-state index in [1.54, 1.807) is 0 Å². The number of fused-ring (bicyclic) bond motifs is 2. The van der Waals surface area contributed by atoms with Crippen molar-refractivity contribution in [1.82, 2.24) is 5.32 Å². The third-order valence-corrected chi connectivity index (χ3v) is 3.94. The Morgan fingerprint density at radius 2 is 1.75 bits per heavy atom. The first-order valence-corrected chi connectivity index (χ1v) is 6.04. The van der Waals surface area contributed by atoms with Crippen LogP contribution in [0, 0.1) is 23.7 Å². The number of nitrogens with one attached hydrogen (secondary N) is 1. The summed E-state index contributed by atoms with van der Waals surface area (Å²) in [6.45, 7) is 3.81. The minimum atomic E-state index is -0.795. The second kappa shape index (κ2) is 4.07. The zero-order valence-electron chi connectivity index (χ0n) is 9.77. The van der Waals surface area contributed by atoms with Crippen LogP contribution in [0.25, 0.3) is 0 Å². The molecule has 4 heteroatoms. The van der Waals surface area contributed by atoms with E-state index in [0.29, 0.717) is 5.92 Å². The zero-order chi connectivity index (χ0) is 11.9. The van der Waals surface area contributed by atoms with Crippen molar-refractivity contribution in [3.05, 3.63) is 0 Å². The van der Waals surface area contributed by atoms with E-state index in [-0.39, 0.29) is 23.8 Å². The van der Waals surface area contributed by atoms with Crippen LogP contribution in [-0.4, -0.2) is 23.0 Å². The molecule has 4 nitrogen and oxygen atoms in total. The van der Waals surface area contributed by atoms with Gasteiger partial charge < -0.3 is 10.4 Å². The standard InChI is InChI=1S/C12H19NO3/c1-6(2)13-11(14)9-7-3-4-8(5-7)10(9)12(15)16/h6-10H,3-5H2,1-2H3,(H,13,14)(H,15,16). The predicted octanol–water partition coefficient (Wildman–Crippen LogP) is 1.26. The van der Waals surface area contributed by atoms with Gasteiger partial charge in [-0.15, -0.1) is 0 Å². The number of carboxylic acid groups (broad SMARTS) is 1. The van der Waals surface area contributed by atoms with Crippen LogP contribution >= 0.6 is 0 Å².